The predicted molar refractivity (Wildman–Crippen MR) is 136 cm³/mol. The summed E-state index contributed by atoms with van der Waals surface area (Å²) in [6.45, 7) is 5.30. The normalized spacial score (nSPS) is 13.5. The third-order valence-electron chi connectivity index (χ3n) is 5.09. The number of hydrogen-bond acceptors (Lipinski definition) is 4. The van der Waals surface area contributed by atoms with E-state index >= 15 is 0 Å². The van der Waals surface area contributed by atoms with Crippen LogP contribution in [0.5, 0.6) is 0 Å². The van der Waals surface area contributed by atoms with Gasteiger partial charge in [0.05, 0.1) is 6.54 Å². The molecule has 2 N–H and O–H groups in total. The Morgan fingerprint density at radius 3 is 2.87 bits per heavy atom. The van der Waals surface area contributed by atoms with Gasteiger partial charge in [-0.3, -0.25) is 4.57 Å². The monoisotopic (exact) mass is 562 g/mol. The lowest BCUT2D eigenvalue weighted by atomic mass is 10.1. The Kier molecular flexibility index (Phi) is 10.9. The number of aryl methyl sites for hydroxylation is 2. The Morgan fingerprint density at radius 2 is 2.13 bits per heavy atom. The molecule has 1 aliphatic rings. The molecule has 0 spiro atoms. The molecule has 3 rings (SSSR count). The zero-order chi connectivity index (χ0) is 21.3. The first-order valence-corrected chi connectivity index (χ1v) is 12.0. The number of halogens is 2. The number of benzene rings is 1. The van der Waals surface area contributed by atoms with E-state index in [0.29, 0.717) is 25.6 Å². The third kappa shape index (κ3) is 7.23. The van der Waals surface area contributed by atoms with E-state index in [2.05, 4.69) is 20.7 Å². The highest BCUT2D eigenvalue weighted by Gasteiger charge is 2.16. The molecule has 0 atom stereocenters. The van der Waals surface area contributed by atoms with Crippen LogP contribution in [0.2, 0.25) is 0 Å². The number of nitrogens with one attached hydrogen (secondary N) is 2. The lowest BCUT2D eigenvalue weighted by Crippen LogP contribution is -2.38. The highest BCUT2D eigenvalue weighted by Crippen LogP contribution is 2.17. The van der Waals surface area contributed by atoms with Crippen molar-refractivity contribution >= 4 is 41.7 Å². The molecular formula is C21H32FIN6OS. The Labute approximate surface area is 204 Å². The number of nitrogens with zero attached hydrogens (tertiary/aromatic N) is 4. The number of aliphatic imine (C=N–C) groups is 1. The van der Waals surface area contributed by atoms with Crippen molar-refractivity contribution < 1.29 is 4.39 Å². The van der Waals surface area contributed by atoms with Gasteiger partial charge in [0.1, 0.15) is 11.6 Å². The van der Waals surface area contributed by atoms with Gasteiger partial charge in [0.25, 0.3) is 0 Å². The van der Waals surface area contributed by atoms with Crippen LogP contribution in [-0.4, -0.2) is 39.7 Å². The molecule has 0 fully saturated rings. The molecular weight excluding hydrogens is 530 g/mol. The number of aromatic nitrogens is 3. The van der Waals surface area contributed by atoms with Crippen molar-refractivity contribution in [1.82, 2.24) is 25.0 Å². The maximum absolute atomic E-state index is 13.5. The molecule has 0 aliphatic carbocycles. The van der Waals surface area contributed by atoms with E-state index in [1.54, 1.807) is 33.1 Å². The predicted octanol–water partition coefficient (Wildman–Crippen LogP) is 3.15. The second kappa shape index (κ2) is 13.1. The molecule has 0 saturated carbocycles. The summed E-state index contributed by atoms with van der Waals surface area (Å²) >= 11 is 1.67. The molecule has 31 heavy (non-hydrogen) atoms. The fraction of sp³-hybridized carbons (Fsp3) is 0.571. The number of fused-ring (bicyclic) bond motifs is 1. The van der Waals surface area contributed by atoms with Gasteiger partial charge in [0.15, 0.2) is 5.96 Å². The summed E-state index contributed by atoms with van der Waals surface area (Å²) in [5, 5.41) is 11.0. The van der Waals surface area contributed by atoms with Crippen LogP contribution in [0, 0.1) is 5.82 Å². The highest BCUT2D eigenvalue weighted by molar-refractivity contribution is 14.0. The van der Waals surface area contributed by atoms with E-state index in [9.17, 15) is 9.18 Å². The van der Waals surface area contributed by atoms with Crippen molar-refractivity contribution in [3.8, 4) is 0 Å². The van der Waals surface area contributed by atoms with Crippen LogP contribution in [0.4, 0.5) is 4.39 Å². The minimum absolute atomic E-state index is 0. The van der Waals surface area contributed by atoms with Gasteiger partial charge in [0, 0.05) is 38.4 Å². The van der Waals surface area contributed by atoms with Gasteiger partial charge in [0.2, 0.25) is 0 Å². The molecule has 0 bridgehead atoms. The average molecular weight is 562 g/mol. The van der Waals surface area contributed by atoms with Crippen molar-refractivity contribution in [3.63, 3.8) is 0 Å². The molecule has 0 amide bonds. The van der Waals surface area contributed by atoms with Gasteiger partial charge in [-0.15, -0.1) is 24.0 Å². The lowest BCUT2D eigenvalue weighted by molar-refractivity contribution is 0.509. The molecule has 0 saturated heterocycles. The van der Waals surface area contributed by atoms with Crippen molar-refractivity contribution in [2.24, 2.45) is 4.99 Å². The summed E-state index contributed by atoms with van der Waals surface area (Å²) in [7, 11) is 0. The zero-order valence-corrected chi connectivity index (χ0v) is 21.3. The number of rotatable bonds is 9. The van der Waals surface area contributed by atoms with Gasteiger partial charge < -0.3 is 10.6 Å². The summed E-state index contributed by atoms with van der Waals surface area (Å²) in [4.78, 5) is 17.0. The molecule has 0 radical (unpaired) electrons. The Bertz CT molecular complexity index is 929. The van der Waals surface area contributed by atoms with Gasteiger partial charge in [-0.05, 0) is 55.7 Å². The van der Waals surface area contributed by atoms with Crippen LogP contribution in [-0.2, 0) is 31.8 Å². The first-order valence-electron chi connectivity index (χ1n) is 10.6. The lowest BCUT2D eigenvalue weighted by Gasteiger charge is -2.12. The SMILES string of the molecule is CCNC(=NCc1ccc(F)cc1CSC)NCCCn1nc2n(c1=O)CCCC2.I. The van der Waals surface area contributed by atoms with E-state index < -0.39 is 0 Å². The van der Waals surface area contributed by atoms with E-state index in [4.69, 9.17) is 0 Å². The summed E-state index contributed by atoms with van der Waals surface area (Å²) in [6.07, 6.45) is 5.82. The fourth-order valence-corrected chi connectivity index (χ4v) is 4.15. The standard InChI is InChI=1S/C21H31FN6OS.HI/c1-3-23-20(25-14-16-8-9-18(22)13-17(16)15-30-2)24-10-6-12-28-21(29)27-11-5-4-7-19(27)26-28;/h8-9,13H,3-7,10-12,14-15H2,1-2H3,(H2,23,24,25);1H. The van der Waals surface area contributed by atoms with Crippen molar-refractivity contribution in [1.29, 1.82) is 0 Å². The quantitative estimate of drug-likeness (QED) is 0.213. The second-order valence-electron chi connectivity index (χ2n) is 7.35. The smallest absolute Gasteiger partial charge is 0.345 e. The summed E-state index contributed by atoms with van der Waals surface area (Å²) in [6, 6.07) is 4.88. The van der Waals surface area contributed by atoms with E-state index in [0.717, 1.165) is 61.5 Å². The minimum Gasteiger partial charge on any atom is -0.357 e. The van der Waals surface area contributed by atoms with E-state index in [1.165, 1.54) is 6.07 Å². The average Bonchev–Trinajstić information content (AvgIpc) is 3.06. The molecule has 7 nitrogen and oxygen atoms in total. The van der Waals surface area contributed by atoms with Crippen molar-refractivity contribution in [2.75, 3.05) is 19.3 Å². The zero-order valence-electron chi connectivity index (χ0n) is 18.2. The number of hydrogen-bond donors (Lipinski definition) is 2. The molecule has 1 aromatic heterocycles. The second-order valence-corrected chi connectivity index (χ2v) is 8.22. The molecule has 172 valence electrons. The van der Waals surface area contributed by atoms with Gasteiger partial charge in [-0.25, -0.2) is 18.9 Å². The van der Waals surface area contributed by atoms with Crippen molar-refractivity contribution in [3.05, 3.63) is 51.5 Å². The summed E-state index contributed by atoms with van der Waals surface area (Å²) in [5.41, 5.74) is 2.01. The number of thioether (sulfide) groups is 1. The van der Waals surface area contributed by atoms with Gasteiger partial charge >= 0.3 is 5.69 Å². The fourth-order valence-electron chi connectivity index (χ4n) is 3.57. The molecule has 1 aromatic carbocycles. The molecule has 2 aromatic rings. The van der Waals surface area contributed by atoms with Crippen molar-refractivity contribution in [2.45, 2.75) is 58.0 Å². The largest absolute Gasteiger partial charge is 0.357 e. The van der Waals surface area contributed by atoms with Crippen LogP contribution in [0.3, 0.4) is 0 Å². The van der Waals surface area contributed by atoms with Crippen LogP contribution in [0.15, 0.2) is 28.0 Å². The van der Waals surface area contributed by atoms with Crippen LogP contribution in [0.25, 0.3) is 0 Å². The van der Waals surface area contributed by atoms with E-state index in [-0.39, 0.29) is 35.5 Å². The highest BCUT2D eigenvalue weighted by atomic mass is 127. The van der Waals surface area contributed by atoms with E-state index in [1.807, 2.05) is 13.2 Å². The van der Waals surface area contributed by atoms with Gasteiger partial charge in [-0.2, -0.15) is 16.9 Å². The third-order valence-corrected chi connectivity index (χ3v) is 5.69. The minimum atomic E-state index is -0.215. The molecule has 2 heterocycles. The molecule has 10 heteroatoms. The Hall–Kier alpha value is -1.56. The van der Waals surface area contributed by atoms with Crippen LogP contribution >= 0.6 is 35.7 Å². The maximum atomic E-state index is 13.5. The maximum Gasteiger partial charge on any atom is 0.345 e. The topological polar surface area (TPSA) is 76.2 Å². The summed E-state index contributed by atoms with van der Waals surface area (Å²) in [5.74, 6) is 2.17. The number of guanidine groups is 1. The Balaban J connectivity index is 0.00000341. The van der Waals surface area contributed by atoms with Crippen LogP contribution < -0.4 is 16.3 Å². The summed E-state index contributed by atoms with van der Waals surface area (Å²) < 4.78 is 16.9. The Morgan fingerprint density at radius 1 is 1.29 bits per heavy atom. The molecule has 1 aliphatic heterocycles. The molecule has 0 unspecified atom stereocenters. The van der Waals surface area contributed by atoms with Crippen LogP contribution in [0.1, 0.15) is 43.1 Å². The van der Waals surface area contributed by atoms with Gasteiger partial charge in [-0.1, -0.05) is 6.07 Å². The first-order chi connectivity index (χ1) is 14.6. The first kappa shape index (κ1) is 25.7.